The van der Waals surface area contributed by atoms with Gasteiger partial charge in [-0.1, -0.05) is 23.7 Å². The summed E-state index contributed by atoms with van der Waals surface area (Å²) in [7, 11) is 0. The van der Waals surface area contributed by atoms with Crippen molar-refractivity contribution in [2.45, 2.75) is 0 Å². The minimum atomic E-state index is -0.0365. The van der Waals surface area contributed by atoms with Gasteiger partial charge < -0.3 is 10.0 Å². The van der Waals surface area contributed by atoms with Crippen molar-refractivity contribution in [3.8, 4) is 0 Å². The summed E-state index contributed by atoms with van der Waals surface area (Å²) in [6.07, 6.45) is 0. The lowest BCUT2D eigenvalue weighted by atomic mass is 10.3. The predicted molar refractivity (Wildman–Crippen MR) is 58.2 cm³/mol. The summed E-state index contributed by atoms with van der Waals surface area (Å²) in [5.74, 6) is 0.693. The highest BCUT2D eigenvalue weighted by atomic mass is 35.5. The van der Waals surface area contributed by atoms with Crippen LogP contribution in [-0.4, -0.2) is 30.6 Å². The molecule has 0 fully saturated rings. The first kappa shape index (κ1) is 9.49. The molecule has 1 heterocycles. The van der Waals surface area contributed by atoms with E-state index in [1.165, 1.54) is 0 Å². The lowest BCUT2D eigenvalue weighted by molar-refractivity contribution is 0.356. The van der Waals surface area contributed by atoms with Gasteiger partial charge >= 0.3 is 0 Å². The van der Waals surface area contributed by atoms with Crippen LogP contribution in [-0.2, 0) is 0 Å². The summed E-state index contributed by atoms with van der Waals surface area (Å²) in [6, 6.07) is 7.58. The largest absolute Gasteiger partial charge is 0.388 e. The number of hydrogen-bond acceptors (Lipinski definition) is 3. The highest BCUT2D eigenvalue weighted by Gasteiger charge is 2.19. The van der Waals surface area contributed by atoms with Crippen LogP contribution in [0.15, 0.2) is 29.3 Å². The maximum absolute atomic E-state index is 9.07. The van der Waals surface area contributed by atoms with Gasteiger partial charge in [-0.25, -0.2) is 0 Å². The second kappa shape index (κ2) is 3.98. The van der Waals surface area contributed by atoms with E-state index in [2.05, 4.69) is 4.99 Å². The van der Waals surface area contributed by atoms with Crippen LogP contribution in [0.5, 0.6) is 0 Å². The zero-order valence-corrected chi connectivity index (χ0v) is 8.41. The summed E-state index contributed by atoms with van der Waals surface area (Å²) in [6.45, 7) is 1.48. The Kier molecular flexibility index (Phi) is 2.70. The Morgan fingerprint density at radius 1 is 1.43 bits per heavy atom. The van der Waals surface area contributed by atoms with E-state index in [1.54, 1.807) is 0 Å². The van der Waals surface area contributed by atoms with Gasteiger partial charge in [-0.3, -0.25) is 4.99 Å². The van der Waals surface area contributed by atoms with Gasteiger partial charge in [0.2, 0.25) is 0 Å². The van der Waals surface area contributed by atoms with Crippen molar-refractivity contribution in [1.29, 1.82) is 0 Å². The van der Waals surface area contributed by atoms with Crippen molar-refractivity contribution < 1.29 is 5.11 Å². The molecule has 4 heteroatoms. The van der Waals surface area contributed by atoms with Gasteiger partial charge in [-0.2, -0.15) is 0 Å². The average molecular weight is 211 g/mol. The SMILES string of the molecule is OCC1=NCCN1c1ccccc1Cl. The van der Waals surface area contributed by atoms with E-state index in [4.69, 9.17) is 16.7 Å². The van der Waals surface area contributed by atoms with E-state index in [1.807, 2.05) is 29.2 Å². The second-order valence-electron chi connectivity index (χ2n) is 3.06. The van der Waals surface area contributed by atoms with Crippen LogP contribution in [0.1, 0.15) is 0 Å². The summed E-state index contributed by atoms with van der Waals surface area (Å²) < 4.78 is 0. The van der Waals surface area contributed by atoms with Crippen LogP contribution < -0.4 is 4.90 Å². The lowest BCUT2D eigenvalue weighted by Crippen LogP contribution is -2.29. The quantitative estimate of drug-likeness (QED) is 0.804. The zero-order chi connectivity index (χ0) is 9.97. The van der Waals surface area contributed by atoms with Crippen LogP contribution >= 0.6 is 11.6 Å². The first-order chi connectivity index (χ1) is 6.83. The molecular formula is C10H11ClN2O. The molecule has 0 saturated heterocycles. The van der Waals surface area contributed by atoms with E-state index in [0.717, 1.165) is 18.8 Å². The maximum Gasteiger partial charge on any atom is 0.130 e. The Labute approximate surface area is 87.6 Å². The molecule has 2 rings (SSSR count). The van der Waals surface area contributed by atoms with Crippen molar-refractivity contribution in [2.75, 3.05) is 24.6 Å². The molecular weight excluding hydrogens is 200 g/mol. The smallest absolute Gasteiger partial charge is 0.130 e. The predicted octanol–water partition coefficient (Wildman–Crippen LogP) is 1.55. The van der Waals surface area contributed by atoms with Gasteiger partial charge in [0.25, 0.3) is 0 Å². The van der Waals surface area contributed by atoms with Gasteiger partial charge in [0.05, 0.1) is 17.3 Å². The number of benzene rings is 1. The number of aliphatic hydroxyl groups excluding tert-OH is 1. The van der Waals surface area contributed by atoms with Crippen molar-refractivity contribution in [1.82, 2.24) is 0 Å². The van der Waals surface area contributed by atoms with E-state index in [-0.39, 0.29) is 6.61 Å². The van der Waals surface area contributed by atoms with Crippen LogP contribution in [0.2, 0.25) is 5.02 Å². The normalized spacial score (nSPS) is 15.9. The molecule has 14 heavy (non-hydrogen) atoms. The molecule has 1 aromatic rings. The average Bonchev–Trinajstić information content (AvgIpc) is 2.66. The molecule has 0 radical (unpaired) electrons. The van der Waals surface area contributed by atoms with Gasteiger partial charge in [0, 0.05) is 6.54 Å². The number of aliphatic hydroxyl groups is 1. The highest BCUT2D eigenvalue weighted by molar-refractivity contribution is 6.34. The lowest BCUT2D eigenvalue weighted by Gasteiger charge is -2.20. The van der Waals surface area contributed by atoms with E-state index in [0.29, 0.717) is 10.9 Å². The Morgan fingerprint density at radius 2 is 2.21 bits per heavy atom. The van der Waals surface area contributed by atoms with Crippen molar-refractivity contribution in [3.63, 3.8) is 0 Å². The third-order valence-electron chi connectivity index (χ3n) is 2.21. The van der Waals surface area contributed by atoms with Gasteiger partial charge in [-0.15, -0.1) is 0 Å². The topological polar surface area (TPSA) is 35.8 Å². The maximum atomic E-state index is 9.07. The second-order valence-corrected chi connectivity index (χ2v) is 3.47. The van der Waals surface area contributed by atoms with Crippen LogP contribution in [0.25, 0.3) is 0 Å². The number of anilines is 1. The first-order valence-electron chi connectivity index (χ1n) is 4.49. The molecule has 1 aromatic carbocycles. The fourth-order valence-corrected chi connectivity index (χ4v) is 1.80. The Morgan fingerprint density at radius 3 is 2.93 bits per heavy atom. The molecule has 0 aliphatic carbocycles. The Balaban J connectivity index is 2.32. The number of nitrogens with zero attached hydrogens (tertiary/aromatic N) is 2. The molecule has 3 nitrogen and oxygen atoms in total. The van der Waals surface area contributed by atoms with E-state index < -0.39 is 0 Å². The Bertz CT molecular complexity index is 365. The third kappa shape index (κ3) is 1.61. The molecule has 0 atom stereocenters. The van der Waals surface area contributed by atoms with E-state index >= 15 is 0 Å². The summed E-state index contributed by atoms with van der Waals surface area (Å²) in [4.78, 5) is 6.13. The Hall–Kier alpha value is -1.06. The van der Waals surface area contributed by atoms with Gasteiger partial charge in [0.15, 0.2) is 0 Å². The fourth-order valence-electron chi connectivity index (χ4n) is 1.56. The number of aliphatic imine (C=N–C) groups is 1. The van der Waals surface area contributed by atoms with Crippen molar-refractivity contribution in [3.05, 3.63) is 29.3 Å². The number of hydrogen-bond donors (Lipinski definition) is 1. The minimum absolute atomic E-state index is 0.0365. The van der Waals surface area contributed by atoms with Crippen LogP contribution in [0, 0.1) is 0 Å². The third-order valence-corrected chi connectivity index (χ3v) is 2.53. The highest BCUT2D eigenvalue weighted by Crippen LogP contribution is 2.26. The summed E-state index contributed by atoms with van der Waals surface area (Å²) in [5.41, 5.74) is 0.916. The number of halogens is 1. The fraction of sp³-hybridized carbons (Fsp3) is 0.300. The molecule has 0 spiro atoms. The van der Waals surface area contributed by atoms with E-state index in [9.17, 15) is 0 Å². The molecule has 1 N–H and O–H groups in total. The van der Waals surface area contributed by atoms with Crippen LogP contribution in [0.4, 0.5) is 5.69 Å². The number of amidine groups is 1. The minimum Gasteiger partial charge on any atom is -0.388 e. The molecule has 0 aromatic heterocycles. The molecule has 0 amide bonds. The molecule has 0 saturated carbocycles. The number of para-hydroxylation sites is 1. The molecule has 1 aliphatic heterocycles. The van der Waals surface area contributed by atoms with Crippen LogP contribution in [0.3, 0.4) is 0 Å². The summed E-state index contributed by atoms with van der Waals surface area (Å²) >= 11 is 6.05. The van der Waals surface area contributed by atoms with Crippen molar-refractivity contribution in [2.24, 2.45) is 4.99 Å². The zero-order valence-electron chi connectivity index (χ0n) is 7.65. The van der Waals surface area contributed by atoms with Gasteiger partial charge in [0.1, 0.15) is 12.4 Å². The molecule has 0 bridgehead atoms. The monoisotopic (exact) mass is 210 g/mol. The van der Waals surface area contributed by atoms with Crippen molar-refractivity contribution >= 4 is 23.1 Å². The number of rotatable bonds is 2. The molecule has 74 valence electrons. The first-order valence-corrected chi connectivity index (χ1v) is 4.87. The molecule has 0 unspecified atom stereocenters. The molecule has 1 aliphatic rings. The summed E-state index contributed by atoms with van der Waals surface area (Å²) in [5, 5.41) is 9.76. The van der Waals surface area contributed by atoms with Gasteiger partial charge in [-0.05, 0) is 12.1 Å². The standard InChI is InChI=1S/C10H11ClN2O/c11-8-3-1-2-4-9(8)13-6-5-12-10(13)7-14/h1-4,14H,5-7H2.